The van der Waals surface area contributed by atoms with Crippen LogP contribution in [0.15, 0.2) is 91.4 Å². The van der Waals surface area contributed by atoms with Crippen LogP contribution in [0.5, 0.6) is 34.9 Å². The Kier molecular flexibility index (Phi) is 43.3. The number of unbranched alkanes of at least 4 members (excludes halogenated alkanes) is 3. The second-order valence-electron chi connectivity index (χ2n) is 44.6. The zero-order valence-corrected chi connectivity index (χ0v) is 90.4. The van der Waals surface area contributed by atoms with Gasteiger partial charge in [-0.25, -0.2) is 43.7 Å². The molecule has 148 heavy (non-hydrogen) atoms. The highest BCUT2D eigenvalue weighted by Crippen LogP contribution is 2.37. The van der Waals surface area contributed by atoms with E-state index in [9.17, 15) is 77.6 Å². The zero-order chi connectivity index (χ0) is 110. The predicted octanol–water partition coefficient (Wildman–Crippen LogP) is 11.8. The number of Topliss-reactive ketones (excluding diaryl/α,β-unsaturated/α-hetero) is 1. The molecule has 3 saturated heterocycles. The van der Waals surface area contributed by atoms with Crippen LogP contribution in [0.4, 0.5) is 19.2 Å². The number of methoxy groups -OCH3 is 3. The maximum Gasteiger partial charge on any atom is 0.411 e. The number of aliphatic hydroxyl groups excluding tert-OH is 2. The molecule has 0 bridgehead atoms. The van der Waals surface area contributed by atoms with Crippen LogP contribution in [0, 0.1) is 10.8 Å². The van der Waals surface area contributed by atoms with Crippen LogP contribution in [-0.4, -0.2) is 288 Å². The van der Waals surface area contributed by atoms with E-state index in [1.807, 2.05) is 137 Å². The molecule has 0 spiro atoms. The van der Waals surface area contributed by atoms with Crippen molar-refractivity contribution in [1.29, 1.82) is 0 Å². The summed E-state index contributed by atoms with van der Waals surface area (Å²) >= 11 is 0. The van der Waals surface area contributed by atoms with Crippen molar-refractivity contribution in [3.63, 3.8) is 0 Å². The van der Waals surface area contributed by atoms with E-state index in [4.69, 9.17) is 48.7 Å². The molecule has 41 nitrogen and oxygen atoms in total. The largest absolute Gasteiger partial charge is 0.497 e. The highest BCUT2D eigenvalue weighted by atomic mass is 16.6. The number of fused-ring (bicyclic) bond motifs is 3. The van der Waals surface area contributed by atoms with Gasteiger partial charge in [-0.15, -0.1) is 0 Å². The number of aliphatic carboxylic acids is 2. The van der Waals surface area contributed by atoms with E-state index < -0.39 is 178 Å². The molecule has 0 radical (unpaired) electrons. The number of nitrogens with one attached hydrogen (secondary N) is 9. The van der Waals surface area contributed by atoms with E-state index in [-0.39, 0.29) is 74.9 Å². The average molecular weight is 2070 g/mol. The zero-order valence-electron chi connectivity index (χ0n) is 90.4. The molecule has 3 aliphatic heterocycles. The Bertz CT molecular complexity index is 5540. The van der Waals surface area contributed by atoms with Crippen molar-refractivity contribution in [3.05, 3.63) is 91.4 Å². The highest BCUT2D eigenvalue weighted by Gasteiger charge is 2.50. The van der Waals surface area contributed by atoms with Gasteiger partial charge in [0.25, 0.3) is 17.7 Å². The van der Waals surface area contributed by atoms with Gasteiger partial charge in [-0.2, -0.15) is 0 Å². The van der Waals surface area contributed by atoms with E-state index in [1.165, 1.54) is 14.7 Å². The fourth-order valence-electron chi connectivity index (χ4n) is 16.3. The summed E-state index contributed by atoms with van der Waals surface area (Å²) < 4.78 is 45.5. The fourth-order valence-corrected chi connectivity index (χ4v) is 16.3. The van der Waals surface area contributed by atoms with Gasteiger partial charge in [0.1, 0.15) is 83.1 Å². The monoisotopic (exact) mass is 2070 g/mol. The second-order valence-corrected chi connectivity index (χ2v) is 44.6. The fraction of sp³-hybridized carbons (Fsp3) is 0.626. The number of rotatable bonds is 36. The lowest BCUT2D eigenvalue weighted by Crippen LogP contribution is -2.61. The smallest absolute Gasteiger partial charge is 0.411 e. The number of likely N-dealkylation sites (tertiary alicyclic amines) is 3. The SMILES string of the molecule is CC(C)(C)NC(=O)N[C@H](C(=O)O)C(C)(C)C.CCCC[C@H](N)C(O)C(=O)NC1CC1.CCCC[C@H](NC(=O)[C@@H]1CC(Oc2nccc3cc(OC)ccc23)CN1C(=O)OC(C)(C)C)C(O)C(=O)NC1CC1.CCCC[C@H](NC(=O)[C@@H]1C[C@@H](Oc2nccc3cc(OC)ccc23)CN1C(=O)[C@@H](NC(=O)NC(C)(C)C)C(C)(C)C)C(=O)C(=O)NC1CC1.COc1ccc2c(O[C@@H]3C[C@@H](C(=O)O)N(C(=O)OC(C)(C)C)C3)nccc2c1. The molecule has 12 amide bonds. The third-order valence-corrected chi connectivity index (χ3v) is 24.5. The van der Waals surface area contributed by atoms with E-state index >= 15 is 0 Å². The Morgan fingerprint density at radius 2 is 0.784 bits per heavy atom. The van der Waals surface area contributed by atoms with E-state index in [0.717, 1.165) is 96.5 Å². The molecule has 6 heterocycles. The molecule has 3 aromatic heterocycles. The number of aliphatic hydroxyl groups is 2. The highest BCUT2D eigenvalue weighted by molar-refractivity contribution is 6.38. The summed E-state index contributed by atoms with van der Waals surface area (Å²) in [6, 6.07) is 14.3. The van der Waals surface area contributed by atoms with Crippen LogP contribution in [0.2, 0.25) is 0 Å². The predicted molar refractivity (Wildman–Crippen MR) is 556 cm³/mol. The van der Waals surface area contributed by atoms with Gasteiger partial charge in [0.15, 0.2) is 6.10 Å². The van der Waals surface area contributed by atoms with Crippen molar-refractivity contribution >= 4 is 110 Å². The number of carbonyl (C=O) groups excluding carboxylic acids is 11. The third-order valence-electron chi connectivity index (χ3n) is 24.5. The van der Waals surface area contributed by atoms with Crippen molar-refractivity contribution < 1.29 is 121 Å². The quantitative estimate of drug-likeness (QED) is 0.0162. The lowest BCUT2D eigenvalue weighted by atomic mass is 9.85. The third kappa shape index (κ3) is 38.0. The van der Waals surface area contributed by atoms with E-state index in [1.54, 1.807) is 114 Å². The molecular formula is C107H160N16O25. The molecule has 12 rings (SSSR count). The molecule has 3 aliphatic carbocycles. The number of hydrogen-bond donors (Lipinski definition) is 14. The number of ether oxygens (including phenoxy) is 8. The van der Waals surface area contributed by atoms with Crippen molar-refractivity contribution in [2.45, 2.75) is 380 Å². The lowest BCUT2D eigenvalue weighted by Gasteiger charge is -2.36. The molecule has 6 aromatic rings. The number of carboxylic acids is 2. The summed E-state index contributed by atoms with van der Waals surface area (Å²) in [6.45, 7) is 38.5. The minimum Gasteiger partial charge on any atom is -0.497 e. The number of amides is 12. The first-order chi connectivity index (χ1) is 69.2. The van der Waals surface area contributed by atoms with E-state index in [2.05, 4.69) is 69.7 Å². The van der Waals surface area contributed by atoms with Crippen LogP contribution in [0.3, 0.4) is 0 Å². The first-order valence-corrected chi connectivity index (χ1v) is 51.1. The normalized spacial score (nSPS) is 19.1. The molecule has 6 aliphatic rings. The van der Waals surface area contributed by atoms with Gasteiger partial charge in [-0.05, 0) is 241 Å². The Balaban J connectivity index is 0.000000242. The molecule has 3 saturated carbocycles. The number of pyridine rings is 3. The minimum absolute atomic E-state index is 0.0130. The van der Waals surface area contributed by atoms with Gasteiger partial charge >= 0.3 is 36.2 Å². The Morgan fingerprint density at radius 3 is 1.15 bits per heavy atom. The van der Waals surface area contributed by atoms with Crippen molar-refractivity contribution in [3.8, 4) is 34.9 Å². The molecule has 6 fully saturated rings. The Hall–Kier alpha value is -12.9. The van der Waals surface area contributed by atoms with Gasteiger partial charge < -0.3 is 117 Å². The topological polar surface area (TPSA) is 559 Å². The van der Waals surface area contributed by atoms with Crippen LogP contribution in [0.1, 0.15) is 261 Å². The molecule has 13 atom stereocenters. The minimum atomic E-state index is -1.40. The number of benzene rings is 3. The maximum atomic E-state index is 14.4. The van der Waals surface area contributed by atoms with Crippen LogP contribution < -0.4 is 82.0 Å². The molecule has 818 valence electrons. The Morgan fingerprint density at radius 1 is 0.432 bits per heavy atom. The van der Waals surface area contributed by atoms with Crippen LogP contribution in [0.25, 0.3) is 32.3 Å². The molecule has 3 aromatic carbocycles. The number of carboxylic acid groups (broad SMARTS) is 2. The van der Waals surface area contributed by atoms with Gasteiger partial charge in [0, 0.05) is 89.3 Å². The number of carbonyl (C=O) groups is 13. The van der Waals surface area contributed by atoms with Crippen LogP contribution >= 0.6 is 0 Å². The Labute approximate surface area is 867 Å². The lowest BCUT2D eigenvalue weighted by molar-refractivity contribution is -0.144. The number of urea groups is 2. The molecular weight excluding hydrogens is 1910 g/mol. The van der Waals surface area contributed by atoms with E-state index in [0.29, 0.717) is 60.6 Å². The second kappa shape index (κ2) is 53.3. The molecule has 41 heteroatoms. The number of ketones is 1. The molecule has 15 N–H and O–H groups in total. The summed E-state index contributed by atoms with van der Waals surface area (Å²) in [7, 11) is 4.77. The molecule has 3 unspecified atom stereocenters. The first-order valence-electron chi connectivity index (χ1n) is 51.1. The summed E-state index contributed by atoms with van der Waals surface area (Å²) in [5, 5.41) is 68.5. The van der Waals surface area contributed by atoms with Gasteiger partial charge in [-0.3, -0.25) is 43.4 Å². The van der Waals surface area contributed by atoms with Gasteiger partial charge in [0.2, 0.25) is 41.1 Å². The summed E-state index contributed by atoms with van der Waals surface area (Å²) in [5.41, 5.74) is 2.01. The van der Waals surface area contributed by atoms with Crippen molar-refractivity contribution in [1.82, 2.24) is 77.5 Å². The number of nitrogens with two attached hydrogens (primary N) is 1. The van der Waals surface area contributed by atoms with Gasteiger partial charge in [0.05, 0.1) is 53.0 Å². The first kappa shape index (κ1) is 120. The standard InChI is InChI=1S/C36H52N6O7.C30H42N4O7.C20H24N2O6.C11H22N2O3.C10H20N2O2/c1-9-10-11-26(28(43)31(45)38-22-12-13-22)39-30(44)27-19-24(49-32-25-15-14-23(48-8)18-21(25)16-17-37-32)20-42(27)33(46)29(35(2,3)4)40-34(47)41-36(5,6)7;1-6-7-8-23(25(35)27(37)32-19-9-10-19)33-26(36)24-16-21(17-34(24)29(38)41-30(2,3)4)40-28-22-12-11-20(39-5)15-18(22)13-14-31-28;1-20(2,3)28-19(25)22-11-14(10-16(22)18(23)24)27-17-15-6-5-13(26-4)9-12(15)7-8-21-17;1-10(2,3)7(8(14)15)12-9(16)13-11(4,5)6;1-2-3-4-8(11)9(13)10(14)12-7-5-6-7/h14-18,22,24,26-27,29H,9-13,19-20H2,1-8H3,(H,38,45)(H,39,44)(H2,40,41,47);11-15,19,21,23-25,35H,6-10,16-17H2,1-5H3,(H,32,37)(H,33,36);5-9,14,16H,10-11H2,1-4H3,(H,23,24);7H,1-6H3,(H,14,15)(H2,12,13,16);7-9,13H,2-6,11H2,1H3,(H,12,14)/t24-,26+,27+,29-;21?,23-,24-,25?;14-,16+;7-;8-,9?/m10110/s1. The number of aromatic nitrogens is 3. The van der Waals surface area contributed by atoms with Crippen molar-refractivity contribution in [2.24, 2.45) is 16.6 Å². The number of nitrogens with zero attached hydrogens (tertiary/aromatic N) is 6. The average Bonchev–Trinajstić information content (AvgIpc) is 1.70. The van der Waals surface area contributed by atoms with Gasteiger partial charge in [-0.1, -0.05) is 101 Å². The summed E-state index contributed by atoms with van der Waals surface area (Å²) in [4.78, 5) is 182. The summed E-state index contributed by atoms with van der Waals surface area (Å²) in [6.07, 6.45) is 11.6. The van der Waals surface area contributed by atoms with Crippen molar-refractivity contribution in [2.75, 3.05) is 41.0 Å². The van der Waals surface area contributed by atoms with Crippen LogP contribution in [-0.2, 0) is 52.6 Å². The maximum absolute atomic E-state index is 14.4. The summed E-state index contributed by atoms with van der Waals surface area (Å²) in [5.74, 6) is -2.67. The number of hydrogen-bond acceptors (Lipinski definition) is 27.